The number of amides is 1. The molecule has 0 fully saturated rings. The molecule has 4 heteroatoms. The van der Waals surface area contributed by atoms with Crippen LogP contribution in [-0.2, 0) is 16.1 Å². The second-order valence-corrected chi connectivity index (χ2v) is 7.08. The van der Waals surface area contributed by atoms with Crippen LogP contribution >= 0.6 is 0 Å². The second-order valence-electron chi connectivity index (χ2n) is 7.08. The minimum absolute atomic E-state index is 0.410. The van der Waals surface area contributed by atoms with Crippen molar-refractivity contribution in [3.63, 3.8) is 0 Å². The first kappa shape index (κ1) is 19.2. The van der Waals surface area contributed by atoms with Gasteiger partial charge in [0.15, 0.2) is 0 Å². The number of carbonyl (C=O) groups excluding carboxylic acids is 1. The van der Waals surface area contributed by atoms with Crippen LogP contribution in [0.1, 0.15) is 46.6 Å². The Balaban J connectivity index is 2.25. The van der Waals surface area contributed by atoms with Crippen LogP contribution in [0.4, 0.5) is 4.79 Å². The van der Waals surface area contributed by atoms with Crippen molar-refractivity contribution in [3.8, 4) is 0 Å². The maximum absolute atomic E-state index is 11.8. The molecule has 0 heterocycles. The van der Waals surface area contributed by atoms with E-state index in [1.807, 2.05) is 77.1 Å². The molecule has 0 unspecified atom stereocenters. The van der Waals surface area contributed by atoms with Gasteiger partial charge in [0, 0.05) is 0 Å². The number of carbonyl (C=O) groups is 1. The predicted molar refractivity (Wildman–Crippen MR) is 93.3 cm³/mol. The van der Waals surface area contributed by atoms with Crippen molar-refractivity contribution < 1.29 is 14.3 Å². The van der Waals surface area contributed by atoms with E-state index in [-0.39, 0.29) is 0 Å². The number of rotatable bonds is 7. The van der Waals surface area contributed by atoms with E-state index < -0.39 is 17.2 Å². The number of ether oxygens (including phenoxy) is 2. The molecular weight excluding hydrogens is 290 g/mol. The lowest BCUT2D eigenvalue weighted by Crippen LogP contribution is -2.44. The van der Waals surface area contributed by atoms with Crippen molar-refractivity contribution in [1.29, 1.82) is 0 Å². The molecule has 1 aromatic rings. The van der Waals surface area contributed by atoms with E-state index in [1.54, 1.807) is 0 Å². The Morgan fingerprint density at radius 1 is 1.13 bits per heavy atom. The first-order valence-electron chi connectivity index (χ1n) is 7.98. The van der Waals surface area contributed by atoms with Gasteiger partial charge >= 0.3 is 6.09 Å². The maximum atomic E-state index is 11.8. The topological polar surface area (TPSA) is 47.6 Å². The molecule has 1 rings (SSSR count). The fourth-order valence-electron chi connectivity index (χ4n) is 1.90. The van der Waals surface area contributed by atoms with E-state index in [0.29, 0.717) is 13.2 Å². The molecule has 1 amide bonds. The van der Waals surface area contributed by atoms with Crippen LogP contribution in [0.15, 0.2) is 42.5 Å². The highest BCUT2D eigenvalue weighted by Crippen LogP contribution is 2.10. The molecule has 0 aromatic heterocycles. The van der Waals surface area contributed by atoms with Crippen LogP contribution in [-0.4, -0.2) is 23.8 Å². The van der Waals surface area contributed by atoms with Gasteiger partial charge < -0.3 is 14.8 Å². The predicted octanol–water partition coefficient (Wildman–Crippen LogP) is 4.45. The Morgan fingerprint density at radius 2 is 1.78 bits per heavy atom. The third kappa shape index (κ3) is 9.74. The number of nitrogens with one attached hydrogen (secondary N) is 1. The van der Waals surface area contributed by atoms with E-state index in [0.717, 1.165) is 6.42 Å². The van der Waals surface area contributed by atoms with Crippen LogP contribution in [0.25, 0.3) is 0 Å². The Morgan fingerprint density at radius 3 is 2.39 bits per heavy atom. The number of alkyl carbamates (subject to hydrolysis) is 1. The summed E-state index contributed by atoms with van der Waals surface area (Å²) in [5.41, 5.74) is 0.222. The van der Waals surface area contributed by atoms with Crippen molar-refractivity contribution in [1.82, 2.24) is 5.32 Å². The molecule has 0 saturated heterocycles. The van der Waals surface area contributed by atoms with Crippen LogP contribution in [0.3, 0.4) is 0 Å². The van der Waals surface area contributed by atoms with Crippen LogP contribution in [0.5, 0.6) is 0 Å². The zero-order valence-electron chi connectivity index (χ0n) is 14.9. The molecule has 0 aliphatic heterocycles. The van der Waals surface area contributed by atoms with Gasteiger partial charge in [-0.3, -0.25) is 0 Å². The van der Waals surface area contributed by atoms with Crippen molar-refractivity contribution >= 4 is 6.09 Å². The average Bonchev–Trinajstić information content (AvgIpc) is 2.41. The monoisotopic (exact) mass is 319 g/mol. The molecule has 4 nitrogen and oxygen atoms in total. The fourth-order valence-corrected chi connectivity index (χ4v) is 1.90. The van der Waals surface area contributed by atoms with Gasteiger partial charge in [-0.05, 0) is 46.6 Å². The summed E-state index contributed by atoms with van der Waals surface area (Å²) in [6.07, 6.45) is 4.37. The molecule has 0 bridgehead atoms. The summed E-state index contributed by atoms with van der Waals surface area (Å²) >= 11 is 0. The van der Waals surface area contributed by atoms with Gasteiger partial charge in [0.05, 0.1) is 18.8 Å². The summed E-state index contributed by atoms with van der Waals surface area (Å²) in [7, 11) is 0. The quantitative estimate of drug-likeness (QED) is 0.596. The zero-order chi connectivity index (χ0) is 17.3. The molecule has 128 valence electrons. The van der Waals surface area contributed by atoms with Crippen LogP contribution in [0.2, 0.25) is 0 Å². The third-order valence-electron chi connectivity index (χ3n) is 2.90. The molecule has 0 aliphatic rings. The highest BCUT2D eigenvalue weighted by Gasteiger charge is 2.22. The molecule has 0 saturated carbocycles. The minimum atomic E-state index is -0.491. The lowest BCUT2D eigenvalue weighted by molar-refractivity contribution is 0.0491. The lowest BCUT2D eigenvalue weighted by atomic mass is 10.1. The van der Waals surface area contributed by atoms with Gasteiger partial charge in [0.1, 0.15) is 5.60 Å². The van der Waals surface area contributed by atoms with Gasteiger partial charge in [-0.25, -0.2) is 4.79 Å². The Labute approximate surface area is 139 Å². The molecule has 1 N–H and O–H groups in total. The van der Waals surface area contributed by atoms with Crippen molar-refractivity contribution in [2.24, 2.45) is 0 Å². The lowest BCUT2D eigenvalue weighted by Gasteiger charge is -2.26. The first-order chi connectivity index (χ1) is 10.7. The van der Waals surface area contributed by atoms with E-state index >= 15 is 0 Å². The Kier molecular flexibility index (Phi) is 7.30. The largest absolute Gasteiger partial charge is 0.444 e. The number of hydrogen-bond donors (Lipinski definition) is 1. The Bertz CT molecular complexity index is 501. The summed E-state index contributed by atoms with van der Waals surface area (Å²) in [5, 5.41) is 2.84. The maximum Gasteiger partial charge on any atom is 0.408 e. The molecule has 23 heavy (non-hydrogen) atoms. The fraction of sp³-hybridized carbons (Fsp3) is 0.526. The normalized spacial score (nSPS) is 12.4. The van der Waals surface area contributed by atoms with E-state index in [2.05, 4.69) is 5.32 Å². The van der Waals surface area contributed by atoms with Gasteiger partial charge in [0.2, 0.25) is 0 Å². The number of benzene rings is 1. The molecule has 0 radical (unpaired) electrons. The number of hydrogen-bond acceptors (Lipinski definition) is 3. The average molecular weight is 319 g/mol. The van der Waals surface area contributed by atoms with Crippen molar-refractivity contribution in [3.05, 3.63) is 48.0 Å². The zero-order valence-corrected chi connectivity index (χ0v) is 14.9. The van der Waals surface area contributed by atoms with Crippen LogP contribution < -0.4 is 5.32 Å². The standard InChI is InChI=1S/C19H29NO3/c1-18(2,3)23-17(21)20-19(4,5)13-9-10-14-22-15-16-11-7-6-8-12-16/h6-9,11-13H,10,14-15H2,1-5H3,(H,20,21)/b13-9+. The smallest absolute Gasteiger partial charge is 0.408 e. The summed E-state index contributed by atoms with van der Waals surface area (Å²) in [4.78, 5) is 11.8. The van der Waals surface area contributed by atoms with E-state index in [9.17, 15) is 4.79 Å². The third-order valence-corrected chi connectivity index (χ3v) is 2.90. The summed E-state index contributed by atoms with van der Waals surface area (Å²) < 4.78 is 10.9. The molecular formula is C19H29NO3. The highest BCUT2D eigenvalue weighted by molar-refractivity contribution is 5.69. The second kappa shape index (κ2) is 8.73. The van der Waals surface area contributed by atoms with Gasteiger partial charge in [0.25, 0.3) is 0 Å². The van der Waals surface area contributed by atoms with Crippen LogP contribution in [0, 0.1) is 0 Å². The summed E-state index contributed by atoms with van der Waals surface area (Å²) in [6, 6.07) is 10.1. The highest BCUT2D eigenvalue weighted by atomic mass is 16.6. The molecule has 0 spiro atoms. The first-order valence-corrected chi connectivity index (χ1v) is 7.98. The minimum Gasteiger partial charge on any atom is -0.444 e. The summed E-state index contributed by atoms with van der Waals surface area (Å²) in [5.74, 6) is 0. The molecule has 0 atom stereocenters. The molecule has 0 aliphatic carbocycles. The summed E-state index contributed by atoms with van der Waals surface area (Å²) in [6.45, 7) is 10.7. The van der Waals surface area contributed by atoms with Crippen molar-refractivity contribution in [2.45, 2.75) is 58.8 Å². The van der Waals surface area contributed by atoms with Gasteiger partial charge in [-0.1, -0.05) is 42.5 Å². The van der Waals surface area contributed by atoms with E-state index in [4.69, 9.17) is 9.47 Å². The van der Waals surface area contributed by atoms with Gasteiger partial charge in [-0.2, -0.15) is 0 Å². The van der Waals surface area contributed by atoms with Gasteiger partial charge in [-0.15, -0.1) is 0 Å². The van der Waals surface area contributed by atoms with Crippen molar-refractivity contribution in [2.75, 3.05) is 6.61 Å². The molecule has 1 aromatic carbocycles. The van der Waals surface area contributed by atoms with E-state index in [1.165, 1.54) is 5.56 Å². The SMILES string of the molecule is CC(C)(/C=C/CCOCc1ccccc1)NC(=O)OC(C)(C)C. The Hall–Kier alpha value is -1.81.